The zero-order valence-corrected chi connectivity index (χ0v) is 12.2. The fourth-order valence-corrected chi connectivity index (χ4v) is 3.06. The maximum atomic E-state index is 4.59. The van der Waals surface area contributed by atoms with E-state index >= 15 is 0 Å². The second kappa shape index (κ2) is 5.57. The molecule has 0 radical (unpaired) electrons. The molecule has 3 heteroatoms. The summed E-state index contributed by atoms with van der Waals surface area (Å²) in [6, 6.07) is 16.4. The lowest BCUT2D eigenvalue weighted by Gasteiger charge is -2.19. The molecule has 2 nitrogen and oxygen atoms in total. The molecule has 1 aliphatic carbocycles. The van der Waals surface area contributed by atoms with E-state index < -0.39 is 0 Å². The number of rotatable bonds is 2. The van der Waals surface area contributed by atoms with E-state index in [2.05, 4.69) is 44.7 Å². The van der Waals surface area contributed by atoms with E-state index in [-0.39, 0.29) is 0 Å². The molecular formula is C16H15BrN2. The van der Waals surface area contributed by atoms with Gasteiger partial charge < -0.3 is 0 Å². The van der Waals surface area contributed by atoms with E-state index in [9.17, 15) is 0 Å². The van der Waals surface area contributed by atoms with Crippen LogP contribution >= 0.6 is 15.9 Å². The lowest BCUT2D eigenvalue weighted by atomic mass is 9.90. The van der Waals surface area contributed by atoms with E-state index in [1.165, 1.54) is 17.5 Å². The van der Waals surface area contributed by atoms with Gasteiger partial charge in [0.2, 0.25) is 0 Å². The summed E-state index contributed by atoms with van der Waals surface area (Å²) >= 11 is 3.64. The smallest absolute Gasteiger partial charge is 0.0693 e. The van der Waals surface area contributed by atoms with E-state index in [0.717, 1.165) is 28.7 Å². The molecule has 96 valence electrons. The van der Waals surface area contributed by atoms with Crippen LogP contribution in [0.15, 0.2) is 58.1 Å². The number of aryl methyl sites for hydroxylation is 1. The van der Waals surface area contributed by atoms with Crippen LogP contribution in [0, 0.1) is 0 Å². The van der Waals surface area contributed by atoms with Crippen LogP contribution < -0.4 is 5.43 Å². The van der Waals surface area contributed by atoms with Crippen molar-refractivity contribution in [3.63, 3.8) is 0 Å². The standard InChI is InChI=1S/C16H15BrN2/c17-14-10-4-6-12-7-5-11-15(16(12)14)19-18-13-8-2-1-3-9-13/h1-4,6,8-10,18H,5,7,11H2/b19-15+. The van der Waals surface area contributed by atoms with Crippen molar-refractivity contribution in [3.8, 4) is 0 Å². The van der Waals surface area contributed by atoms with Gasteiger partial charge in [-0.3, -0.25) is 5.43 Å². The van der Waals surface area contributed by atoms with Gasteiger partial charge in [-0.1, -0.05) is 46.3 Å². The van der Waals surface area contributed by atoms with Crippen molar-refractivity contribution in [2.24, 2.45) is 5.10 Å². The molecule has 0 heterocycles. The molecule has 3 rings (SSSR count). The number of nitrogens with one attached hydrogen (secondary N) is 1. The number of fused-ring (bicyclic) bond motifs is 1. The highest BCUT2D eigenvalue weighted by atomic mass is 79.9. The summed E-state index contributed by atoms with van der Waals surface area (Å²) in [6.45, 7) is 0. The van der Waals surface area contributed by atoms with Crippen LogP contribution in [0.1, 0.15) is 24.0 Å². The van der Waals surface area contributed by atoms with Crippen LogP contribution in [0.4, 0.5) is 5.69 Å². The SMILES string of the molecule is Brc1cccc2c1/C(=N/Nc1ccccc1)CCC2. The van der Waals surface area contributed by atoms with Crippen molar-refractivity contribution in [3.05, 3.63) is 64.1 Å². The largest absolute Gasteiger partial charge is 0.278 e. The maximum absolute atomic E-state index is 4.59. The minimum atomic E-state index is 1.02. The Morgan fingerprint density at radius 2 is 1.79 bits per heavy atom. The molecule has 0 unspecified atom stereocenters. The Balaban J connectivity index is 1.91. The number of hydrogen-bond donors (Lipinski definition) is 1. The molecule has 1 N–H and O–H groups in total. The number of nitrogens with zero attached hydrogens (tertiary/aromatic N) is 1. The summed E-state index contributed by atoms with van der Waals surface area (Å²) in [7, 11) is 0. The number of hydrogen-bond acceptors (Lipinski definition) is 2. The van der Waals surface area contributed by atoms with Crippen LogP contribution in [-0.2, 0) is 6.42 Å². The van der Waals surface area contributed by atoms with Crippen molar-refractivity contribution in [2.45, 2.75) is 19.3 Å². The van der Waals surface area contributed by atoms with Crippen LogP contribution in [0.25, 0.3) is 0 Å². The fraction of sp³-hybridized carbons (Fsp3) is 0.188. The first kappa shape index (κ1) is 12.4. The van der Waals surface area contributed by atoms with Gasteiger partial charge in [0.15, 0.2) is 0 Å². The Hall–Kier alpha value is -1.61. The second-order valence-electron chi connectivity index (χ2n) is 4.66. The molecule has 0 spiro atoms. The van der Waals surface area contributed by atoms with Crippen molar-refractivity contribution >= 4 is 27.3 Å². The van der Waals surface area contributed by atoms with Crippen molar-refractivity contribution in [2.75, 3.05) is 5.43 Å². The lowest BCUT2D eigenvalue weighted by molar-refractivity contribution is 0.835. The van der Waals surface area contributed by atoms with Crippen molar-refractivity contribution in [1.29, 1.82) is 0 Å². The highest BCUT2D eigenvalue weighted by molar-refractivity contribution is 9.10. The molecule has 0 atom stereocenters. The molecule has 0 fully saturated rings. The third-order valence-corrected chi connectivity index (χ3v) is 4.00. The van der Waals surface area contributed by atoms with Crippen LogP contribution in [0.3, 0.4) is 0 Å². The second-order valence-corrected chi connectivity index (χ2v) is 5.52. The third-order valence-electron chi connectivity index (χ3n) is 3.34. The summed E-state index contributed by atoms with van der Waals surface area (Å²) in [5, 5.41) is 4.59. The lowest BCUT2D eigenvalue weighted by Crippen LogP contribution is -2.14. The minimum Gasteiger partial charge on any atom is -0.278 e. The summed E-state index contributed by atoms with van der Waals surface area (Å²) in [5.74, 6) is 0. The molecule has 2 aromatic carbocycles. The predicted octanol–water partition coefficient (Wildman–Crippen LogP) is 4.60. The van der Waals surface area contributed by atoms with Gasteiger partial charge in [0.1, 0.15) is 0 Å². The van der Waals surface area contributed by atoms with E-state index in [0.29, 0.717) is 0 Å². The first-order valence-corrected chi connectivity index (χ1v) is 7.29. The number of benzene rings is 2. The average molecular weight is 315 g/mol. The van der Waals surface area contributed by atoms with Gasteiger partial charge in [-0.05, 0) is 43.0 Å². The molecular weight excluding hydrogens is 300 g/mol. The Bertz CT molecular complexity index is 605. The first-order chi connectivity index (χ1) is 9.34. The Morgan fingerprint density at radius 3 is 2.63 bits per heavy atom. The molecule has 0 amide bonds. The van der Waals surface area contributed by atoms with E-state index in [4.69, 9.17) is 0 Å². The molecule has 0 saturated carbocycles. The average Bonchev–Trinajstić information content (AvgIpc) is 2.46. The molecule has 0 bridgehead atoms. The maximum Gasteiger partial charge on any atom is 0.0693 e. The van der Waals surface area contributed by atoms with E-state index in [1.807, 2.05) is 30.3 Å². The van der Waals surface area contributed by atoms with Gasteiger partial charge in [-0.15, -0.1) is 0 Å². The topological polar surface area (TPSA) is 24.4 Å². The summed E-state index contributed by atoms with van der Waals surface area (Å²) in [6.07, 6.45) is 3.33. The van der Waals surface area contributed by atoms with Crippen molar-refractivity contribution in [1.82, 2.24) is 0 Å². The van der Waals surface area contributed by atoms with Gasteiger partial charge in [-0.25, -0.2) is 0 Å². The third kappa shape index (κ3) is 2.71. The molecule has 19 heavy (non-hydrogen) atoms. The van der Waals surface area contributed by atoms with Crippen molar-refractivity contribution < 1.29 is 0 Å². The van der Waals surface area contributed by atoms with E-state index in [1.54, 1.807) is 0 Å². The normalized spacial score (nSPS) is 16.2. The van der Waals surface area contributed by atoms with Gasteiger partial charge >= 0.3 is 0 Å². The molecule has 1 aliphatic rings. The summed E-state index contributed by atoms with van der Waals surface area (Å²) in [5.41, 5.74) is 7.95. The number of halogens is 1. The molecule has 0 aromatic heterocycles. The quantitative estimate of drug-likeness (QED) is 0.805. The van der Waals surface area contributed by atoms with Crippen LogP contribution in [0.5, 0.6) is 0 Å². The van der Waals surface area contributed by atoms with Gasteiger partial charge in [0.25, 0.3) is 0 Å². The Labute approximate surface area is 121 Å². The van der Waals surface area contributed by atoms with Gasteiger partial charge in [0, 0.05) is 10.0 Å². The number of para-hydroxylation sites is 1. The summed E-state index contributed by atoms with van der Waals surface area (Å²) in [4.78, 5) is 0. The highest BCUT2D eigenvalue weighted by Gasteiger charge is 2.17. The zero-order chi connectivity index (χ0) is 13.1. The molecule has 0 aliphatic heterocycles. The number of anilines is 1. The highest BCUT2D eigenvalue weighted by Crippen LogP contribution is 2.28. The predicted molar refractivity (Wildman–Crippen MR) is 83.7 cm³/mol. The molecule has 0 saturated heterocycles. The monoisotopic (exact) mass is 314 g/mol. The Morgan fingerprint density at radius 1 is 0.947 bits per heavy atom. The zero-order valence-electron chi connectivity index (χ0n) is 10.6. The van der Waals surface area contributed by atoms with Crippen LogP contribution in [0.2, 0.25) is 0 Å². The number of hydrazone groups is 1. The molecule has 2 aromatic rings. The Kier molecular flexibility index (Phi) is 3.65. The minimum absolute atomic E-state index is 1.02. The fourth-order valence-electron chi connectivity index (χ4n) is 2.43. The van der Waals surface area contributed by atoms with Gasteiger partial charge in [-0.2, -0.15) is 5.10 Å². The first-order valence-electron chi connectivity index (χ1n) is 6.50. The summed E-state index contributed by atoms with van der Waals surface area (Å²) < 4.78 is 1.14. The van der Waals surface area contributed by atoms with Crippen LogP contribution in [-0.4, -0.2) is 5.71 Å². The van der Waals surface area contributed by atoms with Gasteiger partial charge in [0.05, 0.1) is 11.4 Å².